The SMILES string of the molecule is C=C(O)C[C@@H](CCC)c1cccc(OCc2ccc(-c3cc(OC)ccc3F)c(OCCCC)c2)c1. The van der Waals surface area contributed by atoms with E-state index in [9.17, 15) is 9.50 Å². The minimum atomic E-state index is -0.329. The molecule has 192 valence electrons. The summed E-state index contributed by atoms with van der Waals surface area (Å²) in [5.41, 5.74) is 3.16. The number of unbranched alkanes of at least 4 members (excludes halogenated alkanes) is 1. The van der Waals surface area contributed by atoms with E-state index in [2.05, 4.69) is 26.5 Å². The number of hydrogen-bond donors (Lipinski definition) is 1. The van der Waals surface area contributed by atoms with Crippen LogP contribution >= 0.6 is 0 Å². The summed E-state index contributed by atoms with van der Waals surface area (Å²) in [6.07, 6.45) is 4.43. The van der Waals surface area contributed by atoms with Crippen LogP contribution in [0.4, 0.5) is 4.39 Å². The van der Waals surface area contributed by atoms with Gasteiger partial charge in [-0.1, -0.05) is 57.5 Å². The quantitative estimate of drug-likeness (QED) is 0.181. The molecule has 0 amide bonds. The van der Waals surface area contributed by atoms with Crippen molar-refractivity contribution in [2.24, 2.45) is 0 Å². The van der Waals surface area contributed by atoms with Crippen LogP contribution in [0, 0.1) is 5.82 Å². The summed E-state index contributed by atoms with van der Waals surface area (Å²) in [5, 5.41) is 9.72. The second-order valence-corrected chi connectivity index (χ2v) is 9.00. The van der Waals surface area contributed by atoms with Gasteiger partial charge >= 0.3 is 0 Å². The highest BCUT2D eigenvalue weighted by molar-refractivity contribution is 5.72. The van der Waals surface area contributed by atoms with Gasteiger partial charge in [-0.15, -0.1) is 0 Å². The summed E-state index contributed by atoms with van der Waals surface area (Å²) in [6.45, 7) is 8.80. The third-order valence-corrected chi connectivity index (χ3v) is 6.12. The van der Waals surface area contributed by atoms with Crippen molar-refractivity contribution >= 4 is 0 Å². The highest BCUT2D eigenvalue weighted by atomic mass is 19.1. The van der Waals surface area contributed by atoms with Gasteiger partial charge in [-0.05, 0) is 66.3 Å². The molecular weight excluding hydrogens is 455 g/mol. The molecule has 0 saturated carbocycles. The molecule has 0 aliphatic heterocycles. The van der Waals surface area contributed by atoms with Crippen LogP contribution in [0.15, 0.2) is 73.0 Å². The van der Waals surface area contributed by atoms with Gasteiger partial charge in [0.1, 0.15) is 29.7 Å². The summed E-state index contributed by atoms with van der Waals surface area (Å²) in [7, 11) is 1.57. The van der Waals surface area contributed by atoms with E-state index in [1.54, 1.807) is 19.2 Å². The molecule has 0 heterocycles. The Kier molecular flexibility index (Phi) is 10.2. The van der Waals surface area contributed by atoms with Crippen molar-refractivity contribution in [3.05, 3.63) is 89.9 Å². The Balaban J connectivity index is 1.82. The number of halogens is 1. The van der Waals surface area contributed by atoms with Crippen LogP contribution in [0.25, 0.3) is 11.1 Å². The van der Waals surface area contributed by atoms with E-state index in [1.165, 1.54) is 6.07 Å². The maximum atomic E-state index is 14.7. The standard InChI is InChI=1S/C31H37FO4/c1-5-7-16-35-31-18-23(12-14-28(31)29-20-26(34-4)13-15-30(29)32)21-36-27-11-8-10-25(19-27)24(9-6-2)17-22(3)33/h8,10-15,18-20,24,33H,3,5-7,9,16-17,21H2,1-2,4H3/t24-/m1/s1. The molecule has 0 radical (unpaired) electrons. The summed E-state index contributed by atoms with van der Waals surface area (Å²) in [4.78, 5) is 0. The van der Waals surface area contributed by atoms with Crippen LogP contribution < -0.4 is 14.2 Å². The van der Waals surface area contributed by atoms with Gasteiger partial charge in [-0.25, -0.2) is 4.39 Å². The number of methoxy groups -OCH3 is 1. The molecule has 0 aliphatic rings. The normalized spacial score (nSPS) is 11.7. The molecular formula is C31H37FO4. The van der Waals surface area contributed by atoms with Crippen molar-refractivity contribution < 1.29 is 23.7 Å². The van der Waals surface area contributed by atoms with Gasteiger partial charge in [0.2, 0.25) is 0 Å². The van der Waals surface area contributed by atoms with Crippen molar-refractivity contribution in [3.8, 4) is 28.4 Å². The Morgan fingerprint density at radius 2 is 1.78 bits per heavy atom. The Morgan fingerprint density at radius 3 is 2.50 bits per heavy atom. The fourth-order valence-electron chi connectivity index (χ4n) is 4.21. The lowest BCUT2D eigenvalue weighted by atomic mass is 9.91. The lowest BCUT2D eigenvalue weighted by Gasteiger charge is -2.18. The molecule has 5 heteroatoms. The molecule has 36 heavy (non-hydrogen) atoms. The number of aliphatic hydroxyl groups is 1. The lowest BCUT2D eigenvalue weighted by molar-refractivity contribution is 0.297. The lowest BCUT2D eigenvalue weighted by Crippen LogP contribution is -2.03. The van der Waals surface area contributed by atoms with Gasteiger partial charge in [0.05, 0.1) is 19.5 Å². The largest absolute Gasteiger partial charge is 0.513 e. The molecule has 3 aromatic rings. The molecule has 1 N–H and O–H groups in total. The fraction of sp³-hybridized carbons (Fsp3) is 0.355. The molecule has 0 saturated heterocycles. The van der Waals surface area contributed by atoms with Gasteiger partial charge in [0, 0.05) is 17.5 Å². The number of benzene rings is 3. The number of hydrogen-bond acceptors (Lipinski definition) is 4. The van der Waals surface area contributed by atoms with E-state index in [1.807, 2.05) is 36.4 Å². The van der Waals surface area contributed by atoms with Gasteiger partial charge in [0.15, 0.2) is 0 Å². The smallest absolute Gasteiger partial charge is 0.131 e. The first kappa shape index (κ1) is 27.1. The van der Waals surface area contributed by atoms with Crippen molar-refractivity contribution in [1.82, 2.24) is 0 Å². The minimum Gasteiger partial charge on any atom is -0.513 e. The fourth-order valence-corrected chi connectivity index (χ4v) is 4.21. The molecule has 0 bridgehead atoms. The average molecular weight is 493 g/mol. The van der Waals surface area contributed by atoms with Crippen LogP contribution in [0.2, 0.25) is 0 Å². The summed E-state index contributed by atoms with van der Waals surface area (Å²) < 4.78 is 32.2. The van der Waals surface area contributed by atoms with Gasteiger partial charge in [-0.2, -0.15) is 0 Å². The zero-order chi connectivity index (χ0) is 25.9. The third-order valence-electron chi connectivity index (χ3n) is 6.12. The monoisotopic (exact) mass is 492 g/mol. The second kappa shape index (κ2) is 13.6. The summed E-state index contributed by atoms with van der Waals surface area (Å²) >= 11 is 0. The Hall–Kier alpha value is -3.47. The topological polar surface area (TPSA) is 47.9 Å². The molecule has 4 nitrogen and oxygen atoms in total. The number of aliphatic hydroxyl groups excluding tert-OH is 1. The van der Waals surface area contributed by atoms with E-state index >= 15 is 0 Å². The third kappa shape index (κ3) is 7.51. The number of ether oxygens (including phenoxy) is 3. The average Bonchev–Trinajstić information content (AvgIpc) is 2.88. The second-order valence-electron chi connectivity index (χ2n) is 9.00. The van der Waals surface area contributed by atoms with E-state index in [0.29, 0.717) is 42.3 Å². The van der Waals surface area contributed by atoms with Crippen LogP contribution in [0.1, 0.15) is 63.0 Å². The van der Waals surface area contributed by atoms with Crippen molar-refractivity contribution in [3.63, 3.8) is 0 Å². The van der Waals surface area contributed by atoms with Crippen molar-refractivity contribution in [1.29, 1.82) is 0 Å². The molecule has 1 atom stereocenters. The molecule has 3 aromatic carbocycles. The van der Waals surface area contributed by atoms with E-state index in [-0.39, 0.29) is 17.5 Å². The summed E-state index contributed by atoms with van der Waals surface area (Å²) in [5.74, 6) is 2.03. The van der Waals surface area contributed by atoms with E-state index < -0.39 is 0 Å². The van der Waals surface area contributed by atoms with Gasteiger partial charge in [0.25, 0.3) is 0 Å². The van der Waals surface area contributed by atoms with Gasteiger partial charge < -0.3 is 19.3 Å². The first-order valence-electron chi connectivity index (χ1n) is 12.6. The molecule has 0 fully saturated rings. The predicted molar refractivity (Wildman–Crippen MR) is 144 cm³/mol. The van der Waals surface area contributed by atoms with Crippen LogP contribution in [0.5, 0.6) is 17.2 Å². The first-order valence-corrected chi connectivity index (χ1v) is 12.6. The Bertz CT molecular complexity index is 1140. The van der Waals surface area contributed by atoms with Crippen LogP contribution in [-0.4, -0.2) is 18.8 Å². The first-order chi connectivity index (χ1) is 17.4. The molecule has 3 rings (SSSR count). The molecule has 0 aromatic heterocycles. The highest BCUT2D eigenvalue weighted by Crippen LogP contribution is 2.36. The van der Waals surface area contributed by atoms with Crippen molar-refractivity contribution in [2.45, 2.75) is 58.5 Å². The molecule has 0 aliphatic carbocycles. The van der Waals surface area contributed by atoms with E-state index in [0.717, 1.165) is 42.6 Å². The van der Waals surface area contributed by atoms with Gasteiger partial charge in [-0.3, -0.25) is 0 Å². The summed E-state index contributed by atoms with van der Waals surface area (Å²) in [6, 6.07) is 18.4. The zero-order valence-electron chi connectivity index (χ0n) is 21.6. The predicted octanol–water partition coefficient (Wildman–Crippen LogP) is 8.60. The Labute approximate surface area is 214 Å². The minimum absolute atomic E-state index is 0.197. The van der Waals surface area contributed by atoms with Crippen LogP contribution in [0.3, 0.4) is 0 Å². The zero-order valence-corrected chi connectivity index (χ0v) is 21.6. The number of rotatable bonds is 14. The van der Waals surface area contributed by atoms with Crippen molar-refractivity contribution in [2.75, 3.05) is 13.7 Å². The Morgan fingerprint density at radius 1 is 0.944 bits per heavy atom. The highest BCUT2D eigenvalue weighted by Gasteiger charge is 2.15. The number of allylic oxidation sites excluding steroid dienone is 1. The molecule has 0 unspecified atom stereocenters. The molecule has 0 spiro atoms. The van der Waals surface area contributed by atoms with Crippen LogP contribution in [-0.2, 0) is 6.61 Å². The maximum Gasteiger partial charge on any atom is 0.131 e. The van der Waals surface area contributed by atoms with E-state index in [4.69, 9.17) is 14.2 Å². The maximum absolute atomic E-state index is 14.7.